The summed E-state index contributed by atoms with van der Waals surface area (Å²) in [6, 6.07) is 6.29. The third-order valence-corrected chi connectivity index (χ3v) is 7.94. The summed E-state index contributed by atoms with van der Waals surface area (Å²) in [4.78, 5) is 12.7. The standard InChI is InChI=1S/C22H27N3O5S/c26-22-13-15-3-1-2-4-19(15)23-25(22)17-7-5-16(6-8-17)24-31(27,28)18-9-10-20-21(14-18)30-12-11-29-20/h9-10,13-14,16-17,24H,1-8,11-12H2. The smallest absolute Gasteiger partial charge is 0.267 e. The molecule has 1 aliphatic heterocycles. The fourth-order valence-corrected chi connectivity index (χ4v) is 6.08. The van der Waals surface area contributed by atoms with Gasteiger partial charge in [-0.15, -0.1) is 0 Å². The topological polar surface area (TPSA) is 99.5 Å². The summed E-state index contributed by atoms with van der Waals surface area (Å²) in [5, 5.41) is 4.66. The minimum absolute atomic E-state index is 0.0229. The number of nitrogens with one attached hydrogen (secondary N) is 1. The van der Waals surface area contributed by atoms with Crippen molar-refractivity contribution in [1.82, 2.24) is 14.5 Å². The first-order valence-electron chi connectivity index (χ1n) is 11.0. The molecule has 1 aromatic heterocycles. The molecule has 166 valence electrons. The van der Waals surface area contributed by atoms with Gasteiger partial charge in [-0.05, 0) is 69.1 Å². The lowest BCUT2D eigenvalue weighted by atomic mass is 9.91. The number of rotatable bonds is 4. The van der Waals surface area contributed by atoms with E-state index in [1.807, 2.05) is 0 Å². The largest absolute Gasteiger partial charge is 0.486 e. The Bertz CT molecular complexity index is 1140. The average molecular weight is 446 g/mol. The number of fused-ring (bicyclic) bond motifs is 2. The first-order chi connectivity index (χ1) is 15.0. The van der Waals surface area contributed by atoms with Crippen LogP contribution in [-0.4, -0.2) is 37.5 Å². The Balaban J connectivity index is 1.25. The molecular formula is C22H27N3O5S. The monoisotopic (exact) mass is 445 g/mol. The Labute approximate surface area is 181 Å². The van der Waals surface area contributed by atoms with Crippen LogP contribution in [0.15, 0.2) is 34.0 Å². The summed E-state index contributed by atoms with van der Waals surface area (Å²) in [7, 11) is -3.67. The second-order valence-corrected chi connectivity index (χ2v) is 10.3. The molecule has 0 amide bonds. The first-order valence-corrected chi connectivity index (χ1v) is 12.5. The van der Waals surface area contributed by atoms with Crippen molar-refractivity contribution in [2.45, 2.75) is 68.3 Å². The number of sulfonamides is 1. The maximum atomic E-state index is 12.9. The van der Waals surface area contributed by atoms with Crippen LogP contribution in [0.2, 0.25) is 0 Å². The normalized spacial score (nSPS) is 23.2. The molecule has 0 atom stereocenters. The number of benzene rings is 1. The van der Waals surface area contributed by atoms with Crippen LogP contribution in [-0.2, 0) is 22.9 Å². The Morgan fingerprint density at radius 2 is 1.71 bits per heavy atom. The summed E-state index contributed by atoms with van der Waals surface area (Å²) < 4.78 is 41.2. The Morgan fingerprint density at radius 1 is 0.968 bits per heavy atom. The van der Waals surface area contributed by atoms with Crippen LogP contribution in [0.4, 0.5) is 0 Å². The SMILES string of the molecule is O=c1cc2c(nn1C1CCC(NS(=O)(=O)c3ccc4c(c3)OCCO4)CC1)CCCC2. The van der Waals surface area contributed by atoms with Crippen molar-refractivity contribution in [3.63, 3.8) is 0 Å². The van der Waals surface area contributed by atoms with Crippen molar-refractivity contribution in [1.29, 1.82) is 0 Å². The maximum Gasteiger partial charge on any atom is 0.267 e. The predicted octanol–water partition coefficient (Wildman–Crippen LogP) is 2.36. The molecule has 5 rings (SSSR count). The summed E-state index contributed by atoms with van der Waals surface area (Å²) >= 11 is 0. The third kappa shape index (κ3) is 4.21. The summed E-state index contributed by atoms with van der Waals surface area (Å²) in [6.45, 7) is 0.868. The van der Waals surface area contributed by atoms with Gasteiger partial charge in [-0.3, -0.25) is 4.79 Å². The van der Waals surface area contributed by atoms with Crippen LogP contribution in [0, 0.1) is 0 Å². The lowest BCUT2D eigenvalue weighted by Gasteiger charge is -2.30. The number of aromatic nitrogens is 2. The molecule has 31 heavy (non-hydrogen) atoms. The molecule has 1 N–H and O–H groups in total. The summed E-state index contributed by atoms with van der Waals surface area (Å²) in [6.07, 6.45) is 6.88. The van der Waals surface area contributed by atoms with Gasteiger partial charge in [-0.25, -0.2) is 17.8 Å². The summed E-state index contributed by atoms with van der Waals surface area (Å²) in [5.74, 6) is 1.02. The molecule has 1 saturated carbocycles. The highest BCUT2D eigenvalue weighted by atomic mass is 32.2. The van der Waals surface area contributed by atoms with Gasteiger partial charge in [-0.1, -0.05) is 0 Å². The van der Waals surface area contributed by atoms with Gasteiger partial charge in [0.2, 0.25) is 10.0 Å². The molecule has 8 nitrogen and oxygen atoms in total. The molecule has 2 heterocycles. The molecule has 2 aliphatic carbocycles. The second kappa shape index (κ2) is 8.27. The molecule has 9 heteroatoms. The lowest BCUT2D eigenvalue weighted by Crippen LogP contribution is -2.40. The van der Waals surface area contributed by atoms with Crippen LogP contribution < -0.4 is 19.8 Å². The molecular weight excluding hydrogens is 418 g/mol. The van der Waals surface area contributed by atoms with E-state index in [2.05, 4.69) is 9.82 Å². The van der Waals surface area contributed by atoms with Crippen molar-refractivity contribution < 1.29 is 17.9 Å². The van der Waals surface area contributed by atoms with Gasteiger partial charge >= 0.3 is 0 Å². The molecule has 0 spiro atoms. The fourth-order valence-electron chi connectivity index (χ4n) is 4.76. The van der Waals surface area contributed by atoms with E-state index < -0.39 is 10.0 Å². The van der Waals surface area contributed by atoms with Crippen LogP contribution >= 0.6 is 0 Å². The zero-order valence-corrected chi connectivity index (χ0v) is 18.2. The van der Waals surface area contributed by atoms with Gasteiger partial charge in [0.25, 0.3) is 5.56 Å². The minimum Gasteiger partial charge on any atom is -0.486 e. The van der Waals surface area contributed by atoms with E-state index in [0.717, 1.165) is 49.8 Å². The predicted molar refractivity (Wildman–Crippen MR) is 114 cm³/mol. The first kappa shape index (κ1) is 20.5. The van der Waals surface area contributed by atoms with E-state index in [1.54, 1.807) is 16.8 Å². The number of hydrogen-bond acceptors (Lipinski definition) is 6. The molecule has 0 unspecified atom stereocenters. The van der Waals surface area contributed by atoms with E-state index in [1.165, 1.54) is 12.1 Å². The van der Waals surface area contributed by atoms with E-state index in [-0.39, 0.29) is 22.5 Å². The molecule has 1 fully saturated rings. The highest BCUT2D eigenvalue weighted by Gasteiger charge is 2.29. The maximum absolute atomic E-state index is 12.9. The van der Waals surface area contributed by atoms with Crippen molar-refractivity contribution in [3.8, 4) is 11.5 Å². The lowest BCUT2D eigenvalue weighted by molar-refractivity contribution is 0.171. The number of aryl methyl sites for hydroxylation is 2. The quantitative estimate of drug-likeness (QED) is 0.776. The number of hydrogen-bond donors (Lipinski definition) is 1. The number of ether oxygens (including phenoxy) is 2. The number of nitrogens with zero attached hydrogens (tertiary/aromatic N) is 2. The average Bonchev–Trinajstić information content (AvgIpc) is 2.78. The van der Waals surface area contributed by atoms with Gasteiger partial charge in [-0.2, -0.15) is 5.10 Å². The fraction of sp³-hybridized carbons (Fsp3) is 0.545. The highest BCUT2D eigenvalue weighted by Crippen LogP contribution is 2.33. The molecule has 3 aliphatic rings. The van der Waals surface area contributed by atoms with Crippen molar-refractivity contribution in [3.05, 3.63) is 45.9 Å². The van der Waals surface area contributed by atoms with Crippen molar-refractivity contribution in [2.24, 2.45) is 0 Å². The third-order valence-electron chi connectivity index (χ3n) is 6.42. The van der Waals surface area contributed by atoms with Gasteiger partial charge in [0, 0.05) is 18.2 Å². The zero-order chi connectivity index (χ0) is 21.4. The van der Waals surface area contributed by atoms with E-state index in [4.69, 9.17) is 9.47 Å². The van der Waals surface area contributed by atoms with Gasteiger partial charge in [0.15, 0.2) is 11.5 Å². The Kier molecular flexibility index (Phi) is 5.47. The van der Waals surface area contributed by atoms with Crippen molar-refractivity contribution >= 4 is 10.0 Å². The van der Waals surface area contributed by atoms with Gasteiger partial charge < -0.3 is 9.47 Å². The van der Waals surface area contributed by atoms with Gasteiger partial charge in [0.05, 0.1) is 16.6 Å². The Hall–Kier alpha value is -2.39. The zero-order valence-electron chi connectivity index (χ0n) is 17.4. The van der Waals surface area contributed by atoms with Crippen molar-refractivity contribution in [2.75, 3.05) is 13.2 Å². The molecule has 0 radical (unpaired) electrons. The second-order valence-electron chi connectivity index (χ2n) is 8.54. The minimum atomic E-state index is -3.67. The van der Waals surface area contributed by atoms with Crippen LogP contribution in [0.1, 0.15) is 55.8 Å². The van der Waals surface area contributed by atoms with Crippen LogP contribution in [0.5, 0.6) is 11.5 Å². The highest BCUT2D eigenvalue weighted by molar-refractivity contribution is 7.89. The molecule has 0 bridgehead atoms. The van der Waals surface area contributed by atoms with E-state index in [0.29, 0.717) is 37.6 Å². The summed E-state index contributed by atoms with van der Waals surface area (Å²) in [5.41, 5.74) is 2.10. The van der Waals surface area contributed by atoms with E-state index in [9.17, 15) is 13.2 Å². The molecule has 2 aromatic rings. The molecule has 1 aromatic carbocycles. The van der Waals surface area contributed by atoms with E-state index >= 15 is 0 Å². The molecule has 0 saturated heterocycles. The van der Waals surface area contributed by atoms with Crippen LogP contribution in [0.3, 0.4) is 0 Å². The Morgan fingerprint density at radius 3 is 2.52 bits per heavy atom. The van der Waals surface area contributed by atoms with Gasteiger partial charge in [0.1, 0.15) is 13.2 Å². The van der Waals surface area contributed by atoms with Crippen LogP contribution in [0.25, 0.3) is 0 Å².